The molecule has 0 heterocycles. The third kappa shape index (κ3) is 3.41. The van der Waals surface area contributed by atoms with Gasteiger partial charge >= 0.3 is 0 Å². The summed E-state index contributed by atoms with van der Waals surface area (Å²) in [5.41, 5.74) is 2.72. The number of ether oxygens (including phenoxy) is 1. The van der Waals surface area contributed by atoms with E-state index in [1.807, 2.05) is 30.0 Å². The lowest BCUT2D eigenvalue weighted by molar-refractivity contribution is -0.132. The molecule has 1 aromatic rings. The summed E-state index contributed by atoms with van der Waals surface area (Å²) >= 11 is 2.05. The largest absolute Gasteiger partial charge is 0.497 e. The highest BCUT2D eigenvalue weighted by atomic mass is 32.2. The maximum atomic E-state index is 12.9. The highest BCUT2D eigenvalue weighted by Gasteiger charge is 2.61. The predicted octanol–water partition coefficient (Wildman–Crippen LogP) is 6.01. The maximum absolute atomic E-state index is 12.9. The normalized spacial score (nSPS) is 39.4. The summed E-state index contributed by atoms with van der Waals surface area (Å²) in [6.45, 7) is 4.68. The van der Waals surface area contributed by atoms with Crippen molar-refractivity contribution in [3.63, 3.8) is 0 Å². The molecule has 3 nitrogen and oxygen atoms in total. The van der Waals surface area contributed by atoms with Crippen molar-refractivity contribution in [3.05, 3.63) is 41.5 Å². The van der Waals surface area contributed by atoms with Crippen molar-refractivity contribution >= 4 is 23.3 Å². The van der Waals surface area contributed by atoms with Gasteiger partial charge in [-0.3, -0.25) is 9.59 Å². The molecule has 166 valence electrons. The molecule has 4 aliphatic rings. The summed E-state index contributed by atoms with van der Waals surface area (Å²) in [6, 6.07) is 8.38. The average molecular weight is 439 g/mol. The van der Waals surface area contributed by atoms with Crippen molar-refractivity contribution in [2.75, 3.05) is 7.11 Å². The Morgan fingerprint density at radius 1 is 1.00 bits per heavy atom. The number of fused-ring (bicyclic) bond motifs is 5. The Morgan fingerprint density at radius 3 is 2.48 bits per heavy atom. The van der Waals surface area contributed by atoms with Crippen LogP contribution in [-0.2, 0) is 15.3 Å². The van der Waals surface area contributed by atoms with E-state index in [0.717, 1.165) is 50.0 Å². The van der Waals surface area contributed by atoms with Crippen molar-refractivity contribution in [3.8, 4) is 5.75 Å². The van der Waals surface area contributed by atoms with E-state index in [9.17, 15) is 9.59 Å². The van der Waals surface area contributed by atoms with Gasteiger partial charge in [-0.15, -0.1) is 0 Å². The minimum absolute atomic E-state index is 0.123. The molecule has 0 bridgehead atoms. The zero-order valence-electron chi connectivity index (χ0n) is 19.0. The van der Waals surface area contributed by atoms with E-state index in [2.05, 4.69) is 26.0 Å². The third-order valence-corrected chi connectivity index (χ3v) is 10.7. The Bertz CT molecular complexity index is 919. The van der Waals surface area contributed by atoms with Crippen LogP contribution in [0.1, 0.15) is 64.4 Å². The Hall–Kier alpha value is -1.55. The zero-order valence-corrected chi connectivity index (χ0v) is 19.8. The van der Waals surface area contributed by atoms with Gasteiger partial charge in [0.05, 0.1) is 7.11 Å². The molecule has 31 heavy (non-hydrogen) atoms. The SMILES string of the molecule is COc1ccc(CS[C@@H]2CC3=CC(=O)CC[C@]3(C)[C@H]3CC[C@]4(C)C(=O)CC[C@H]4[C@H]23)cc1. The standard InChI is InChI=1S/C27H34O3S/c1-26-12-10-19(28)14-18(26)15-23(31-16-17-4-6-20(30-3)7-5-17)25-21-8-9-24(29)27(21,2)13-11-22(25)26/h4-7,14,21-23,25H,8-13,15-16H2,1-3H3/t21-,22-,23+,25-,26-,27-/m0/s1. The number of carbonyl (C=O) groups excluding carboxylic acids is 2. The molecule has 0 radical (unpaired) electrons. The molecule has 3 saturated carbocycles. The molecule has 0 aliphatic heterocycles. The van der Waals surface area contributed by atoms with E-state index in [1.165, 1.54) is 11.1 Å². The lowest BCUT2D eigenvalue weighted by Gasteiger charge is -2.59. The van der Waals surface area contributed by atoms with Crippen LogP contribution in [0.2, 0.25) is 0 Å². The predicted molar refractivity (Wildman–Crippen MR) is 125 cm³/mol. The second kappa shape index (κ2) is 7.79. The van der Waals surface area contributed by atoms with Gasteiger partial charge in [-0.2, -0.15) is 11.8 Å². The molecule has 0 N–H and O–H groups in total. The number of benzene rings is 1. The summed E-state index contributed by atoms with van der Waals surface area (Å²) in [4.78, 5) is 25.2. The highest BCUT2D eigenvalue weighted by molar-refractivity contribution is 7.99. The van der Waals surface area contributed by atoms with E-state index >= 15 is 0 Å². The lowest BCUT2D eigenvalue weighted by Crippen LogP contribution is -2.54. The van der Waals surface area contributed by atoms with Gasteiger partial charge in [-0.25, -0.2) is 0 Å². The van der Waals surface area contributed by atoms with E-state index in [-0.39, 0.29) is 10.8 Å². The van der Waals surface area contributed by atoms with Crippen LogP contribution in [0.3, 0.4) is 0 Å². The van der Waals surface area contributed by atoms with Crippen LogP contribution < -0.4 is 4.74 Å². The molecule has 0 spiro atoms. The van der Waals surface area contributed by atoms with Crippen LogP contribution in [0, 0.1) is 28.6 Å². The number of methoxy groups -OCH3 is 1. The van der Waals surface area contributed by atoms with Gasteiger partial charge in [0, 0.05) is 29.3 Å². The summed E-state index contributed by atoms with van der Waals surface area (Å²) in [6.07, 6.45) is 8.66. The molecular weight excluding hydrogens is 404 g/mol. The summed E-state index contributed by atoms with van der Waals surface area (Å²) in [5.74, 6) is 4.33. The number of carbonyl (C=O) groups is 2. The van der Waals surface area contributed by atoms with Crippen LogP contribution in [-0.4, -0.2) is 23.9 Å². The fraction of sp³-hybridized carbons (Fsp3) is 0.630. The van der Waals surface area contributed by atoms with Crippen LogP contribution in [0.25, 0.3) is 0 Å². The third-order valence-electron chi connectivity index (χ3n) is 9.29. The van der Waals surface area contributed by atoms with Gasteiger partial charge in [0.25, 0.3) is 0 Å². The number of thioether (sulfide) groups is 1. The molecule has 4 aliphatic carbocycles. The number of hydrogen-bond acceptors (Lipinski definition) is 4. The van der Waals surface area contributed by atoms with Gasteiger partial charge in [-0.1, -0.05) is 31.6 Å². The number of ketones is 2. The van der Waals surface area contributed by atoms with Crippen molar-refractivity contribution in [1.82, 2.24) is 0 Å². The quantitative estimate of drug-likeness (QED) is 0.577. The molecule has 0 aromatic heterocycles. The van der Waals surface area contributed by atoms with Gasteiger partial charge in [0.1, 0.15) is 11.5 Å². The lowest BCUT2D eigenvalue weighted by atomic mass is 9.47. The second-order valence-electron chi connectivity index (χ2n) is 10.7. The molecule has 0 unspecified atom stereocenters. The van der Waals surface area contributed by atoms with Crippen LogP contribution in [0.5, 0.6) is 5.75 Å². The number of hydrogen-bond donors (Lipinski definition) is 0. The Morgan fingerprint density at radius 2 is 1.74 bits per heavy atom. The number of rotatable bonds is 4. The molecule has 1 aromatic carbocycles. The van der Waals surface area contributed by atoms with Gasteiger partial charge < -0.3 is 4.74 Å². The molecular formula is C27H34O3S. The van der Waals surface area contributed by atoms with E-state index in [0.29, 0.717) is 41.0 Å². The minimum atomic E-state index is -0.123. The van der Waals surface area contributed by atoms with E-state index in [1.54, 1.807) is 7.11 Å². The van der Waals surface area contributed by atoms with Crippen molar-refractivity contribution in [1.29, 1.82) is 0 Å². The first-order chi connectivity index (χ1) is 14.8. The molecule has 3 fully saturated rings. The fourth-order valence-electron chi connectivity index (χ4n) is 7.37. The maximum Gasteiger partial charge on any atom is 0.155 e. The van der Waals surface area contributed by atoms with Crippen molar-refractivity contribution < 1.29 is 14.3 Å². The topological polar surface area (TPSA) is 43.4 Å². The molecule has 0 saturated heterocycles. The number of allylic oxidation sites excluding steroid dienone is 1. The van der Waals surface area contributed by atoms with Gasteiger partial charge in [0.15, 0.2) is 5.78 Å². The van der Waals surface area contributed by atoms with Crippen LogP contribution in [0.4, 0.5) is 0 Å². The first kappa shape index (κ1) is 21.3. The van der Waals surface area contributed by atoms with Gasteiger partial charge in [0.2, 0.25) is 0 Å². The fourth-order valence-corrected chi connectivity index (χ4v) is 8.87. The van der Waals surface area contributed by atoms with Crippen LogP contribution >= 0.6 is 11.8 Å². The minimum Gasteiger partial charge on any atom is -0.497 e. The molecule has 5 rings (SSSR count). The molecule has 4 heteroatoms. The van der Waals surface area contributed by atoms with E-state index < -0.39 is 0 Å². The zero-order chi connectivity index (χ0) is 21.8. The smallest absolute Gasteiger partial charge is 0.155 e. The average Bonchev–Trinajstić information content (AvgIpc) is 3.08. The molecule has 6 atom stereocenters. The summed E-state index contributed by atoms with van der Waals surface area (Å²) in [7, 11) is 1.70. The monoisotopic (exact) mass is 438 g/mol. The molecule has 0 amide bonds. The Balaban J connectivity index is 1.46. The summed E-state index contributed by atoms with van der Waals surface area (Å²) < 4.78 is 5.31. The first-order valence-corrected chi connectivity index (χ1v) is 12.9. The van der Waals surface area contributed by atoms with Crippen LogP contribution in [0.15, 0.2) is 35.9 Å². The first-order valence-electron chi connectivity index (χ1n) is 11.9. The van der Waals surface area contributed by atoms with E-state index in [4.69, 9.17) is 4.74 Å². The van der Waals surface area contributed by atoms with Gasteiger partial charge in [-0.05, 0) is 79.0 Å². The van der Waals surface area contributed by atoms with Crippen molar-refractivity contribution in [2.45, 2.75) is 69.8 Å². The second-order valence-corrected chi connectivity index (χ2v) is 11.9. The van der Waals surface area contributed by atoms with Crippen molar-refractivity contribution in [2.24, 2.45) is 28.6 Å². The Labute approximate surface area is 190 Å². The summed E-state index contributed by atoms with van der Waals surface area (Å²) in [5, 5.41) is 0.479. The Kier molecular flexibility index (Phi) is 5.36. The number of Topliss-reactive ketones (excluding diaryl/α,β-unsaturated/α-hetero) is 1. The highest BCUT2D eigenvalue weighted by Crippen LogP contribution is 2.66.